The molecule has 10 nitrogen and oxygen atoms in total. The van der Waals surface area contributed by atoms with Gasteiger partial charge in [0.1, 0.15) is 17.2 Å². The molecule has 2 N–H and O–H groups in total. The first-order valence-electron chi connectivity index (χ1n) is 15.9. The van der Waals surface area contributed by atoms with Crippen molar-refractivity contribution >= 4 is 23.0 Å². The van der Waals surface area contributed by atoms with Crippen molar-refractivity contribution in [2.75, 3.05) is 11.4 Å². The molecule has 2 amide bonds. The maximum absolute atomic E-state index is 13.6. The van der Waals surface area contributed by atoms with E-state index in [9.17, 15) is 4.79 Å². The molecule has 0 aliphatic heterocycles. The lowest BCUT2D eigenvalue weighted by Crippen LogP contribution is -2.47. The number of rotatable bonds is 10. The number of urea groups is 1. The van der Waals surface area contributed by atoms with Gasteiger partial charge in [-0.05, 0) is 64.4 Å². The van der Waals surface area contributed by atoms with Crippen molar-refractivity contribution < 1.29 is 4.79 Å². The van der Waals surface area contributed by atoms with E-state index in [2.05, 4.69) is 81.6 Å². The number of hydrogen-bond acceptors (Lipinski definition) is 6. The number of benzene rings is 2. The van der Waals surface area contributed by atoms with E-state index in [-0.39, 0.29) is 12.1 Å². The van der Waals surface area contributed by atoms with Gasteiger partial charge in [0.05, 0.1) is 6.54 Å². The number of carbonyl (C=O) groups is 1. The summed E-state index contributed by atoms with van der Waals surface area (Å²) in [4.78, 5) is 25.4. The average molecular weight is 592 g/mol. The van der Waals surface area contributed by atoms with Gasteiger partial charge < -0.3 is 9.88 Å². The molecule has 1 saturated carbocycles. The standard InChI is InChI=1S/C34H41N9O/c1-4-10-30-36-29-19-20-31(43(21-23(2)3)34(44)35-26-11-6-5-7-12-26)37-33(29)42(30)22-24-15-17-25(18-16-24)27-13-8-9-14-28(27)32-38-40-41-39-32/h8-9,13-20,23,26H,4-7,10-12,21-22H2,1-3H3,(H,35,44)(H,38,39,40,41). The minimum Gasteiger partial charge on any atom is -0.335 e. The third-order valence-corrected chi connectivity index (χ3v) is 8.27. The van der Waals surface area contributed by atoms with Crippen molar-refractivity contribution in [2.45, 2.75) is 78.3 Å². The molecule has 228 valence electrons. The van der Waals surface area contributed by atoms with Crippen LogP contribution in [0.15, 0.2) is 60.7 Å². The van der Waals surface area contributed by atoms with E-state index in [0.717, 1.165) is 64.9 Å². The molecule has 0 atom stereocenters. The van der Waals surface area contributed by atoms with E-state index in [4.69, 9.17) is 9.97 Å². The van der Waals surface area contributed by atoms with E-state index in [0.29, 0.717) is 30.6 Å². The molecule has 2 aromatic carbocycles. The Morgan fingerprint density at radius 2 is 1.77 bits per heavy atom. The Balaban J connectivity index is 1.30. The second-order valence-electron chi connectivity index (χ2n) is 12.2. The molecule has 1 fully saturated rings. The number of imidazole rings is 1. The predicted octanol–water partition coefficient (Wildman–Crippen LogP) is 6.78. The number of H-pyrrole nitrogens is 1. The first kappa shape index (κ1) is 29.5. The van der Waals surface area contributed by atoms with E-state index in [1.165, 1.54) is 19.3 Å². The molecular weight excluding hydrogens is 550 g/mol. The number of hydrogen-bond donors (Lipinski definition) is 2. The molecule has 44 heavy (non-hydrogen) atoms. The zero-order valence-corrected chi connectivity index (χ0v) is 25.8. The highest BCUT2D eigenvalue weighted by Gasteiger charge is 2.24. The first-order valence-corrected chi connectivity index (χ1v) is 15.9. The molecule has 0 saturated heterocycles. The molecule has 0 unspecified atom stereocenters. The van der Waals surface area contributed by atoms with Gasteiger partial charge in [-0.25, -0.2) is 19.9 Å². The summed E-state index contributed by atoms with van der Waals surface area (Å²) in [6.07, 6.45) is 7.51. The number of nitrogens with one attached hydrogen (secondary N) is 2. The molecule has 0 bridgehead atoms. The largest absolute Gasteiger partial charge is 0.335 e. The summed E-state index contributed by atoms with van der Waals surface area (Å²) in [5.74, 6) is 2.60. The second kappa shape index (κ2) is 13.4. The summed E-state index contributed by atoms with van der Waals surface area (Å²) in [5.41, 5.74) is 5.88. The lowest BCUT2D eigenvalue weighted by Gasteiger charge is -2.29. The zero-order valence-electron chi connectivity index (χ0n) is 25.8. The number of tetrazole rings is 1. The van der Waals surface area contributed by atoms with Gasteiger partial charge in [-0.15, -0.1) is 5.10 Å². The fraction of sp³-hybridized carbons (Fsp3) is 0.412. The minimum atomic E-state index is -0.0609. The fourth-order valence-corrected chi connectivity index (χ4v) is 6.10. The predicted molar refractivity (Wildman–Crippen MR) is 173 cm³/mol. The van der Waals surface area contributed by atoms with Crippen molar-refractivity contribution in [1.29, 1.82) is 0 Å². The van der Waals surface area contributed by atoms with Crippen LogP contribution < -0.4 is 10.2 Å². The van der Waals surface area contributed by atoms with Crippen LogP contribution in [0.5, 0.6) is 0 Å². The molecule has 3 aromatic heterocycles. The molecule has 6 rings (SSSR count). The number of amides is 2. The number of nitrogens with zero attached hydrogens (tertiary/aromatic N) is 7. The molecule has 10 heteroatoms. The fourth-order valence-electron chi connectivity index (χ4n) is 6.10. The van der Waals surface area contributed by atoms with Crippen LogP contribution in [-0.4, -0.2) is 53.8 Å². The van der Waals surface area contributed by atoms with Crippen LogP contribution in [0.4, 0.5) is 10.6 Å². The lowest BCUT2D eigenvalue weighted by atomic mass is 9.96. The Morgan fingerprint density at radius 1 is 1.00 bits per heavy atom. The average Bonchev–Trinajstić information content (AvgIpc) is 3.69. The minimum absolute atomic E-state index is 0.0609. The maximum atomic E-state index is 13.6. The van der Waals surface area contributed by atoms with Crippen LogP contribution in [0.1, 0.15) is 70.7 Å². The number of aromatic nitrogens is 7. The SMILES string of the molecule is CCCc1nc2ccc(N(CC(C)C)C(=O)NC3CCCCC3)nc2n1Cc1ccc(-c2ccccc2-c2nnn[nH]2)cc1. The van der Waals surface area contributed by atoms with E-state index >= 15 is 0 Å². The number of anilines is 1. The summed E-state index contributed by atoms with van der Waals surface area (Å²) in [5, 5.41) is 17.8. The van der Waals surface area contributed by atoms with Crippen molar-refractivity contribution in [1.82, 2.24) is 40.5 Å². The number of aromatic amines is 1. The Kier molecular flexibility index (Phi) is 8.95. The summed E-state index contributed by atoms with van der Waals surface area (Å²) < 4.78 is 2.21. The van der Waals surface area contributed by atoms with Crippen LogP contribution in [-0.2, 0) is 13.0 Å². The van der Waals surface area contributed by atoms with Gasteiger partial charge in [0.25, 0.3) is 0 Å². The van der Waals surface area contributed by atoms with Crippen molar-refractivity contribution in [2.24, 2.45) is 5.92 Å². The van der Waals surface area contributed by atoms with Gasteiger partial charge >= 0.3 is 6.03 Å². The van der Waals surface area contributed by atoms with E-state index in [1.54, 1.807) is 0 Å². The van der Waals surface area contributed by atoms with E-state index < -0.39 is 0 Å². The van der Waals surface area contributed by atoms with Crippen LogP contribution in [0.3, 0.4) is 0 Å². The Bertz CT molecular complexity index is 1690. The monoisotopic (exact) mass is 591 g/mol. The van der Waals surface area contributed by atoms with Crippen LogP contribution in [0.25, 0.3) is 33.7 Å². The van der Waals surface area contributed by atoms with Gasteiger partial charge in [0.2, 0.25) is 0 Å². The molecule has 5 aromatic rings. The van der Waals surface area contributed by atoms with Crippen molar-refractivity contribution in [3.8, 4) is 22.5 Å². The molecule has 1 aliphatic carbocycles. The topological polar surface area (TPSA) is 118 Å². The first-order chi connectivity index (χ1) is 21.5. The number of fused-ring (bicyclic) bond motifs is 1. The number of aryl methyl sites for hydroxylation is 1. The van der Waals surface area contributed by atoms with Gasteiger partial charge in [0.15, 0.2) is 11.5 Å². The number of pyridine rings is 1. The zero-order chi connectivity index (χ0) is 30.5. The third kappa shape index (κ3) is 6.49. The molecule has 0 spiro atoms. The quantitative estimate of drug-likeness (QED) is 0.185. The van der Waals surface area contributed by atoms with Crippen LogP contribution in [0, 0.1) is 5.92 Å². The van der Waals surface area contributed by atoms with Gasteiger partial charge in [-0.3, -0.25) is 4.90 Å². The summed E-state index contributed by atoms with van der Waals surface area (Å²) in [6, 6.07) is 20.8. The Morgan fingerprint density at radius 3 is 2.48 bits per heavy atom. The summed E-state index contributed by atoms with van der Waals surface area (Å²) in [7, 11) is 0. The summed E-state index contributed by atoms with van der Waals surface area (Å²) >= 11 is 0. The molecular formula is C34H41N9O. The van der Waals surface area contributed by atoms with Gasteiger partial charge in [-0.2, -0.15) is 0 Å². The van der Waals surface area contributed by atoms with Crippen LogP contribution in [0.2, 0.25) is 0 Å². The third-order valence-electron chi connectivity index (χ3n) is 8.27. The second-order valence-corrected chi connectivity index (χ2v) is 12.2. The Labute approximate surface area is 258 Å². The Hall–Kier alpha value is -4.60. The maximum Gasteiger partial charge on any atom is 0.323 e. The molecule has 3 heterocycles. The summed E-state index contributed by atoms with van der Waals surface area (Å²) in [6.45, 7) is 7.66. The van der Waals surface area contributed by atoms with Crippen molar-refractivity contribution in [3.05, 3.63) is 72.1 Å². The molecule has 1 aliphatic rings. The van der Waals surface area contributed by atoms with Gasteiger partial charge in [0, 0.05) is 24.6 Å². The normalized spacial score (nSPS) is 13.9. The lowest BCUT2D eigenvalue weighted by molar-refractivity contribution is 0.237. The van der Waals surface area contributed by atoms with E-state index in [1.807, 2.05) is 35.2 Å². The molecule has 0 radical (unpaired) electrons. The highest BCUT2D eigenvalue weighted by molar-refractivity contribution is 5.92. The van der Waals surface area contributed by atoms with Crippen molar-refractivity contribution in [3.63, 3.8) is 0 Å². The van der Waals surface area contributed by atoms with Crippen LogP contribution >= 0.6 is 0 Å². The highest BCUT2D eigenvalue weighted by Crippen LogP contribution is 2.30. The number of carbonyl (C=O) groups excluding carboxylic acids is 1. The highest BCUT2D eigenvalue weighted by atomic mass is 16.2. The smallest absolute Gasteiger partial charge is 0.323 e. The van der Waals surface area contributed by atoms with Gasteiger partial charge in [-0.1, -0.05) is 88.6 Å².